The molecule has 2 N–H and O–H groups in total. The molecule has 0 spiro atoms. The van der Waals surface area contributed by atoms with Crippen LogP contribution in [-0.4, -0.2) is 62.9 Å². The van der Waals surface area contributed by atoms with E-state index in [-0.39, 0.29) is 30.1 Å². The molecule has 148 valence electrons. The molecule has 1 aromatic carbocycles. The highest BCUT2D eigenvalue weighted by Crippen LogP contribution is 2.08. The second kappa shape index (κ2) is 12.6. The number of guanidine groups is 1. The molecule has 0 bridgehead atoms. The van der Waals surface area contributed by atoms with Crippen molar-refractivity contribution in [2.75, 3.05) is 40.3 Å². The number of amides is 1. The van der Waals surface area contributed by atoms with Crippen LogP contribution in [0, 0.1) is 0 Å². The van der Waals surface area contributed by atoms with Crippen molar-refractivity contribution in [3.05, 3.63) is 30.3 Å². The second-order valence-electron chi connectivity index (χ2n) is 6.49. The smallest absolute Gasteiger partial charge is 0.410 e. The third-order valence-electron chi connectivity index (χ3n) is 3.07. The molecule has 0 aliphatic heterocycles. The summed E-state index contributed by atoms with van der Waals surface area (Å²) in [5.74, 6) is 1.50. The zero-order valence-corrected chi connectivity index (χ0v) is 18.6. The average molecular weight is 478 g/mol. The third kappa shape index (κ3) is 11.0. The summed E-state index contributed by atoms with van der Waals surface area (Å²) in [5.41, 5.74) is -0.491. The number of hydrogen-bond donors (Lipinski definition) is 2. The van der Waals surface area contributed by atoms with Gasteiger partial charge in [-0.25, -0.2) is 4.79 Å². The number of nitrogens with one attached hydrogen (secondary N) is 2. The molecule has 0 saturated carbocycles. The van der Waals surface area contributed by atoms with Crippen LogP contribution in [0.5, 0.6) is 5.75 Å². The molecule has 0 fully saturated rings. The molecule has 0 radical (unpaired) electrons. The van der Waals surface area contributed by atoms with Gasteiger partial charge in [-0.1, -0.05) is 18.2 Å². The summed E-state index contributed by atoms with van der Waals surface area (Å²) in [6.07, 6.45) is -0.339. The summed E-state index contributed by atoms with van der Waals surface area (Å²) < 4.78 is 10.9. The summed E-state index contributed by atoms with van der Waals surface area (Å²) in [4.78, 5) is 17.5. The second-order valence-corrected chi connectivity index (χ2v) is 6.49. The van der Waals surface area contributed by atoms with Gasteiger partial charge >= 0.3 is 6.09 Å². The van der Waals surface area contributed by atoms with E-state index in [9.17, 15) is 4.79 Å². The molecular weight excluding hydrogens is 447 g/mol. The molecule has 0 aliphatic carbocycles. The van der Waals surface area contributed by atoms with Crippen molar-refractivity contribution < 1.29 is 14.3 Å². The van der Waals surface area contributed by atoms with Gasteiger partial charge in [0.05, 0.1) is 6.54 Å². The van der Waals surface area contributed by atoms with Crippen LogP contribution < -0.4 is 15.4 Å². The lowest BCUT2D eigenvalue weighted by Gasteiger charge is -2.24. The number of halogens is 1. The zero-order chi connectivity index (χ0) is 18.7. The van der Waals surface area contributed by atoms with Crippen LogP contribution in [-0.2, 0) is 4.74 Å². The summed E-state index contributed by atoms with van der Waals surface area (Å²) >= 11 is 0. The highest BCUT2D eigenvalue weighted by molar-refractivity contribution is 14.0. The van der Waals surface area contributed by atoms with Crippen molar-refractivity contribution in [3.8, 4) is 5.75 Å². The molecule has 0 unspecified atom stereocenters. The first-order valence-corrected chi connectivity index (χ1v) is 8.38. The lowest BCUT2D eigenvalue weighted by molar-refractivity contribution is 0.0302. The molecule has 0 aromatic heterocycles. The summed E-state index contributed by atoms with van der Waals surface area (Å²) in [6, 6.07) is 9.65. The third-order valence-corrected chi connectivity index (χ3v) is 3.07. The number of carbonyl (C=O) groups is 1. The fourth-order valence-corrected chi connectivity index (χ4v) is 1.85. The van der Waals surface area contributed by atoms with Gasteiger partial charge in [0.1, 0.15) is 18.0 Å². The Balaban J connectivity index is 0.00000625. The van der Waals surface area contributed by atoms with E-state index in [0.717, 1.165) is 5.75 Å². The van der Waals surface area contributed by atoms with E-state index in [1.54, 1.807) is 14.1 Å². The lowest BCUT2D eigenvalue weighted by Crippen LogP contribution is -2.44. The summed E-state index contributed by atoms with van der Waals surface area (Å²) in [6.45, 7) is 7.77. The first-order chi connectivity index (χ1) is 11.8. The SMILES string of the molecule is CN=C(NCCOc1ccccc1)NCCN(C)C(=O)OC(C)(C)C.I. The Hall–Kier alpha value is -1.71. The fraction of sp³-hybridized carbons (Fsp3) is 0.556. The first kappa shape index (κ1) is 24.3. The van der Waals surface area contributed by atoms with Crippen LogP contribution in [0.3, 0.4) is 0 Å². The van der Waals surface area contributed by atoms with Crippen LogP contribution in [0.25, 0.3) is 0 Å². The Bertz CT molecular complexity index is 547. The summed E-state index contributed by atoms with van der Waals surface area (Å²) in [5, 5.41) is 6.31. The number of carbonyl (C=O) groups excluding carboxylic acids is 1. The van der Waals surface area contributed by atoms with E-state index in [0.29, 0.717) is 32.2 Å². The molecular formula is C18H31IN4O3. The highest BCUT2D eigenvalue weighted by atomic mass is 127. The van der Waals surface area contributed by atoms with Crippen molar-refractivity contribution in [2.45, 2.75) is 26.4 Å². The molecule has 1 rings (SSSR count). The van der Waals surface area contributed by atoms with E-state index >= 15 is 0 Å². The topological polar surface area (TPSA) is 75.2 Å². The molecule has 0 aliphatic rings. The number of ether oxygens (including phenoxy) is 2. The zero-order valence-electron chi connectivity index (χ0n) is 16.2. The number of rotatable bonds is 7. The Kier molecular flexibility index (Phi) is 11.8. The van der Waals surface area contributed by atoms with E-state index in [4.69, 9.17) is 9.47 Å². The molecule has 0 saturated heterocycles. The normalized spacial score (nSPS) is 11.2. The quantitative estimate of drug-likeness (QED) is 0.273. The Morgan fingerprint density at radius 3 is 2.35 bits per heavy atom. The molecule has 7 nitrogen and oxygen atoms in total. The molecule has 8 heteroatoms. The molecule has 0 heterocycles. The van der Waals surface area contributed by atoms with Crippen LogP contribution in [0.1, 0.15) is 20.8 Å². The van der Waals surface area contributed by atoms with Gasteiger partial charge in [-0.3, -0.25) is 4.99 Å². The number of hydrogen-bond acceptors (Lipinski definition) is 4. The van der Waals surface area contributed by atoms with Crippen molar-refractivity contribution in [3.63, 3.8) is 0 Å². The molecule has 26 heavy (non-hydrogen) atoms. The molecule has 1 aromatic rings. The minimum atomic E-state index is -0.491. The number of aliphatic imine (C=N–C) groups is 1. The Labute approximate surface area is 173 Å². The van der Waals surface area contributed by atoms with Gasteiger partial charge in [0.25, 0.3) is 0 Å². The Morgan fingerprint density at radius 2 is 1.77 bits per heavy atom. The standard InChI is InChI=1S/C18H30N4O3.HI/c1-18(2,3)25-17(23)22(5)13-11-20-16(19-4)21-12-14-24-15-9-7-6-8-10-15;/h6-10H,11-14H2,1-5H3,(H2,19,20,21);1H. The monoisotopic (exact) mass is 478 g/mol. The largest absolute Gasteiger partial charge is 0.492 e. The highest BCUT2D eigenvalue weighted by Gasteiger charge is 2.19. The van der Waals surface area contributed by atoms with Gasteiger partial charge in [-0.15, -0.1) is 24.0 Å². The van der Waals surface area contributed by atoms with Gasteiger partial charge in [0, 0.05) is 27.2 Å². The van der Waals surface area contributed by atoms with Crippen LogP contribution in [0.2, 0.25) is 0 Å². The number of likely N-dealkylation sites (N-methyl/N-ethyl adjacent to an activating group) is 1. The lowest BCUT2D eigenvalue weighted by atomic mass is 10.2. The van der Waals surface area contributed by atoms with E-state index in [2.05, 4.69) is 15.6 Å². The van der Waals surface area contributed by atoms with Crippen molar-refractivity contribution >= 4 is 36.0 Å². The van der Waals surface area contributed by atoms with Gasteiger partial charge < -0.3 is 25.0 Å². The minimum absolute atomic E-state index is 0. The average Bonchev–Trinajstić information content (AvgIpc) is 2.56. The predicted molar refractivity (Wildman–Crippen MR) is 116 cm³/mol. The maximum Gasteiger partial charge on any atom is 0.410 e. The molecule has 0 atom stereocenters. The minimum Gasteiger partial charge on any atom is -0.492 e. The maximum absolute atomic E-state index is 11.9. The van der Waals surface area contributed by atoms with Gasteiger partial charge in [-0.05, 0) is 32.9 Å². The van der Waals surface area contributed by atoms with Gasteiger partial charge in [0.2, 0.25) is 0 Å². The Morgan fingerprint density at radius 1 is 1.15 bits per heavy atom. The number of benzene rings is 1. The van der Waals surface area contributed by atoms with E-state index < -0.39 is 5.60 Å². The van der Waals surface area contributed by atoms with E-state index in [1.807, 2.05) is 51.1 Å². The first-order valence-electron chi connectivity index (χ1n) is 8.38. The number of para-hydroxylation sites is 1. The van der Waals surface area contributed by atoms with Crippen LogP contribution >= 0.6 is 24.0 Å². The van der Waals surface area contributed by atoms with Crippen molar-refractivity contribution in [1.29, 1.82) is 0 Å². The van der Waals surface area contributed by atoms with Gasteiger partial charge in [0.15, 0.2) is 5.96 Å². The molecule has 1 amide bonds. The van der Waals surface area contributed by atoms with Gasteiger partial charge in [-0.2, -0.15) is 0 Å². The fourth-order valence-electron chi connectivity index (χ4n) is 1.85. The number of nitrogens with zero attached hydrogens (tertiary/aromatic N) is 2. The van der Waals surface area contributed by atoms with Crippen LogP contribution in [0.4, 0.5) is 4.79 Å². The van der Waals surface area contributed by atoms with E-state index in [1.165, 1.54) is 4.90 Å². The van der Waals surface area contributed by atoms with Crippen LogP contribution in [0.15, 0.2) is 35.3 Å². The van der Waals surface area contributed by atoms with Crippen molar-refractivity contribution in [2.24, 2.45) is 4.99 Å². The van der Waals surface area contributed by atoms with Crippen molar-refractivity contribution in [1.82, 2.24) is 15.5 Å². The predicted octanol–water partition coefficient (Wildman–Crippen LogP) is 2.72. The summed E-state index contributed by atoms with van der Waals surface area (Å²) in [7, 11) is 3.41. The maximum atomic E-state index is 11.9.